The third-order valence-corrected chi connectivity index (χ3v) is 3.40. The maximum atomic E-state index is 11.4. The lowest BCUT2D eigenvalue weighted by atomic mass is 10.1. The van der Waals surface area contributed by atoms with Crippen LogP contribution in [0.3, 0.4) is 0 Å². The molecule has 0 aliphatic heterocycles. The van der Waals surface area contributed by atoms with Crippen LogP contribution in [0.15, 0.2) is 18.3 Å². The number of carboxylic acid groups (broad SMARTS) is 1. The second-order valence-corrected chi connectivity index (χ2v) is 6.60. The number of ether oxygens (including phenoxy) is 1. The normalized spacial score (nSPS) is 11.5. The second-order valence-electron chi connectivity index (χ2n) is 6.60. The largest absolute Gasteiger partial charge is 0.477 e. The molecule has 0 saturated heterocycles. The summed E-state index contributed by atoms with van der Waals surface area (Å²) in [7, 11) is 0. The van der Waals surface area contributed by atoms with Crippen LogP contribution in [-0.4, -0.2) is 20.9 Å². The summed E-state index contributed by atoms with van der Waals surface area (Å²) in [6, 6.07) is 4.01. The smallest absolute Gasteiger partial charge is 0.342 e. The Kier molecular flexibility index (Phi) is 4.00. The zero-order valence-corrected chi connectivity index (χ0v) is 13.9. The van der Waals surface area contributed by atoms with Gasteiger partial charge >= 0.3 is 5.97 Å². The van der Waals surface area contributed by atoms with Gasteiger partial charge < -0.3 is 9.84 Å². The van der Waals surface area contributed by atoms with Crippen molar-refractivity contribution in [1.82, 2.24) is 9.78 Å². The predicted octanol–water partition coefficient (Wildman–Crippen LogP) is 4.05. The molecule has 1 heterocycles. The summed E-state index contributed by atoms with van der Waals surface area (Å²) < 4.78 is 7.47. The molecule has 118 valence electrons. The van der Waals surface area contributed by atoms with Crippen LogP contribution in [-0.2, 0) is 5.54 Å². The number of carboxylic acids is 1. The molecule has 0 fully saturated rings. The standard InChI is InChI=1S/C17H22N2O3/c1-10-7-11(2)14(12(3)8-10)22-15-13(16(20)21)9-19(18-15)17(4,5)6/h7-9H,1-6H3,(H,20,21). The van der Waals surface area contributed by atoms with Gasteiger partial charge in [0.15, 0.2) is 0 Å². The topological polar surface area (TPSA) is 64.4 Å². The molecule has 0 spiro atoms. The fraction of sp³-hybridized carbons (Fsp3) is 0.412. The van der Waals surface area contributed by atoms with Crippen molar-refractivity contribution in [3.05, 3.63) is 40.6 Å². The van der Waals surface area contributed by atoms with Gasteiger partial charge in [-0.2, -0.15) is 0 Å². The van der Waals surface area contributed by atoms with Crippen LogP contribution < -0.4 is 4.74 Å². The highest BCUT2D eigenvalue weighted by atomic mass is 16.5. The Labute approximate surface area is 130 Å². The van der Waals surface area contributed by atoms with E-state index in [-0.39, 0.29) is 17.0 Å². The summed E-state index contributed by atoms with van der Waals surface area (Å²) in [5.74, 6) is -0.266. The van der Waals surface area contributed by atoms with Crippen LogP contribution in [0.5, 0.6) is 11.6 Å². The van der Waals surface area contributed by atoms with Crippen LogP contribution in [0.25, 0.3) is 0 Å². The fourth-order valence-corrected chi connectivity index (χ4v) is 2.35. The summed E-state index contributed by atoms with van der Waals surface area (Å²) in [5.41, 5.74) is 2.80. The average molecular weight is 302 g/mol. The summed E-state index contributed by atoms with van der Waals surface area (Å²) >= 11 is 0. The molecule has 0 amide bonds. The highest BCUT2D eigenvalue weighted by Gasteiger charge is 2.23. The second kappa shape index (κ2) is 5.48. The fourth-order valence-electron chi connectivity index (χ4n) is 2.35. The van der Waals surface area contributed by atoms with Crippen LogP contribution in [0, 0.1) is 20.8 Å². The molecule has 2 aromatic rings. The zero-order valence-electron chi connectivity index (χ0n) is 13.9. The molecular formula is C17H22N2O3. The minimum absolute atomic E-state index is 0.0642. The van der Waals surface area contributed by atoms with Crippen molar-refractivity contribution in [3.8, 4) is 11.6 Å². The third kappa shape index (κ3) is 3.13. The van der Waals surface area contributed by atoms with Gasteiger partial charge in [-0.25, -0.2) is 4.79 Å². The van der Waals surface area contributed by atoms with Crippen molar-refractivity contribution < 1.29 is 14.6 Å². The van der Waals surface area contributed by atoms with Gasteiger partial charge in [-0.15, -0.1) is 5.10 Å². The first-order chi connectivity index (χ1) is 10.1. The third-order valence-electron chi connectivity index (χ3n) is 3.40. The SMILES string of the molecule is Cc1cc(C)c(Oc2nn(C(C)(C)C)cc2C(=O)O)c(C)c1. The van der Waals surface area contributed by atoms with Gasteiger partial charge in [0, 0.05) is 6.20 Å². The number of hydrogen-bond donors (Lipinski definition) is 1. The van der Waals surface area contributed by atoms with E-state index in [1.807, 2.05) is 53.7 Å². The number of aryl methyl sites for hydroxylation is 3. The minimum Gasteiger partial charge on any atom is -0.477 e. The lowest BCUT2D eigenvalue weighted by molar-refractivity contribution is 0.0694. The van der Waals surface area contributed by atoms with E-state index in [4.69, 9.17) is 4.74 Å². The van der Waals surface area contributed by atoms with E-state index in [9.17, 15) is 9.90 Å². The first-order valence-corrected chi connectivity index (χ1v) is 7.18. The van der Waals surface area contributed by atoms with Crippen molar-refractivity contribution in [2.24, 2.45) is 0 Å². The maximum absolute atomic E-state index is 11.4. The van der Waals surface area contributed by atoms with Gasteiger partial charge in [-0.1, -0.05) is 17.7 Å². The number of hydrogen-bond acceptors (Lipinski definition) is 3. The molecule has 1 N–H and O–H groups in total. The van der Waals surface area contributed by atoms with Gasteiger partial charge in [0.05, 0.1) is 5.54 Å². The molecule has 0 radical (unpaired) electrons. The Morgan fingerprint density at radius 2 is 1.73 bits per heavy atom. The quantitative estimate of drug-likeness (QED) is 0.928. The zero-order chi connectivity index (χ0) is 16.7. The minimum atomic E-state index is -1.05. The average Bonchev–Trinajstić information content (AvgIpc) is 2.77. The van der Waals surface area contributed by atoms with Crippen molar-refractivity contribution in [1.29, 1.82) is 0 Å². The predicted molar refractivity (Wildman–Crippen MR) is 84.9 cm³/mol. The summed E-state index contributed by atoms with van der Waals surface area (Å²) in [6.45, 7) is 11.8. The number of nitrogens with zero attached hydrogens (tertiary/aromatic N) is 2. The molecule has 5 heteroatoms. The molecule has 1 aromatic heterocycles. The molecule has 0 aliphatic rings. The monoisotopic (exact) mass is 302 g/mol. The lowest BCUT2D eigenvalue weighted by Gasteiger charge is -2.18. The van der Waals surface area contributed by atoms with Crippen molar-refractivity contribution in [2.45, 2.75) is 47.1 Å². The van der Waals surface area contributed by atoms with Crippen LogP contribution in [0.1, 0.15) is 47.8 Å². The first kappa shape index (κ1) is 16.1. The maximum Gasteiger partial charge on any atom is 0.342 e. The molecule has 1 aromatic carbocycles. The first-order valence-electron chi connectivity index (χ1n) is 7.18. The highest BCUT2D eigenvalue weighted by Crippen LogP contribution is 2.31. The number of aromatic nitrogens is 2. The molecule has 0 unspecified atom stereocenters. The number of carbonyl (C=O) groups is 1. The Morgan fingerprint density at radius 1 is 1.18 bits per heavy atom. The summed E-state index contributed by atoms with van der Waals surface area (Å²) in [6.07, 6.45) is 1.51. The number of rotatable bonds is 3. The Balaban J connectivity index is 2.50. The van der Waals surface area contributed by atoms with Crippen molar-refractivity contribution >= 4 is 5.97 Å². The molecular weight excluding hydrogens is 280 g/mol. The molecule has 0 aliphatic carbocycles. The molecule has 22 heavy (non-hydrogen) atoms. The van der Waals surface area contributed by atoms with E-state index in [2.05, 4.69) is 5.10 Å². The van der Waals surface area contributed by atoms with Gasteiger partial charge in [0.1, 0.15) is 11.3 Å². The van der Waals surface area contributed by atoms with E-state index in [1.54, 1.807) is 4.68 Å². The van der Waals surface area contributed by atoms with Gasteiger partial charge in [0.2, 0.25) is 0 Å². The van der Waals surface area contributed by atoms with E-state index in [1.165, 1.54) is 6.20 Å². The van der Waals surface area contributed by atoms with Crippen molar-refractivity contribution in [2.75, 3.05) is 0 Å². The molecule has 2 rings (SSSR count). The summed E-state index contributed by atoms with van der Waals surface area (Å²) in [4.78, 5) is 11.4. The van der Waals surface area contributed by atoms with Gasteiger partial charge in [-0.05, 0) is 52.7 Å². The number of benzene rings is 1. The van der Waals surface area contributed by atoms with E-state index in [0.717, 1.165) is 16.7 Å². The van der Waals surface area contributed by atoms with Gasteiger partial charge in [-0.3, -0.25) is 4.68 Å². The number of aromatic carboxylic acids is 1. The summed E-state index contributed by atoms with van der Waals surface area (Å²) in [5, 5.41) is 13.7. The Bertz CT molecular complexity index is 701. The van der Waals surface area contributed by atoms with E-state index < -0.39 is 5.97 Å². The van der Waals surface area contributed by atoms with Crippen LogP contribution in [0.2, 0.25) is 0 Å². The Hall–Kier alpha value is -2.30. The van der Waals surface area contributed by atoms with E-state index >= 15 is 0 Å². The molecule has 0 bridgehead atoms. The van der Waals surface area contributed by atoms with Crippen LogP contribution in [0.4, 0.5) is 0 Å². The van der Waals surface area contributed by atoms with E-state index in [0.29, 0.717) is 5.75 Å². The van der Waals surface area contributed by atoms with Gasteiger partial charge in [0.25, 0.3) is 5.88 Å². The highest BCUT2D eigenvalue weighted by molar-refractivity contribution is 5.90. The lowest BCUT2D eigenvalue weighted by Crippen LogP contribution is -2.22. The molecule has 0 atom stereocenters. The Morgan fingerprint density at radius 3 is 2.18 bits per heavy atom. The van der Waals surface area contributed by atoms with Crippen molar-refractivity contribution in [3.63, 3.8) is 0 Å². The molecule has 0 saturated carbocycles. The molecule has 5 nitrogen and oxygen atoms in total. The van der Waals surface area contributed by atoms with Crippen LogP contribution >= 0.6 is 0 Å².